The van der Waals surface area contributed by atoms with Crippen LogP contribution >= 0.6 is 15.9 Å². The number of aliphatic carboxylic acids is 1. The highest BCUT2D eigenvalue weighted by atomic mass is 79.9. The van der Waals surface area contributed by atoms with E-state index >= 15 is 0 Å². The van der Waals surface area contributed by atoms with Crippen LogP contribution in [0, 0.1) is 0 Å². The van der Waals surface area contributed by atoms with Crippen molar-refractivity contribution in [1.82, 2.24) is 14.7 Å². The van der Waals surface area contributed by atoms with Crippen molar-refractivity contribution >= 4 is 21.9 Å². The van der Waals surface area contributed by atoms with Gasteiger partial charge in [-0.25, -0.2) is 0 Å². The third-order valence-electron chi connectivity index (χ3n) is 2.97. The van der Waals surface area contributed by atoms with E-state index in [2.05, 4.69) is 34.9 Å². The summed E-state index contributed by atoms with van der Waals surface area (Å²) in [6.07, 6.45) is 1.80. The number of aromatic nitrogens is 2. The molecule has 0 aliphatic heterocycles. The minimum atomic E-state index is -0.789. The van der Waals surface area contributed by atoms with Crippen molar-refractivity contribution in [2.45, 2.75) is 46.7 Å². The van der Waals surface area contributed by atoms with Gasteiger partial charge in [-0.05, 0) is 42.2 Å². The zero-order chi connectivity index (χ0) is 14.4. The van der Waals surface area contributed by atoms with Crippen LogP contribution in [-0.4, -0.2) is 38.8 Å². The molecule has 6 heteroatoms. The Morgan fingerprint density at radius 2 is 2.11 bits per heavy atom. The molecule has 1 aromatic rings. The lowest BCUT2D eigenvalue weighted by Gasteiger charge is -2.20. The van der Waals surface area contributed by atoms with Gasteiger partial charge in [0.2, 0.25) is 0 Å². The van der Waals surface area contributed by atoms with Gasteiger partial charge in [0.05, 0.1) is 22.4 Å². The number of hydrogen-bond acceptors (Lipinski definition) is 3. The van der Waals surface area contributed by atoms with Crippen molar-refractivity contribution in [3.8, 4) is 0 Å². The summed E-state index contributed by atoms with van der Waals surface area (Å²) in [5.74, 6) is -0.789. The highest BCUT2D eigenvalue weighted by Crippen LogP contribution is 2.23. The van der Waals surface area contributed by atoms with E-state index in [9.17, 15) is 4.79 Å². The van der Waals surface area contributed by atoms with E-state index in [0.29, 0.717) is 6.54 Å². The first kappa shape index (κ1) is 16.2. The van der Waals surface area contributed by atoms with E-state index < -0.39 is 5.97 Å². The number of rotatable bonds is 8. The van der Waals surface area contributed by atoms with E-state index in [1.165, 1.54) is 0 Å². The molecule has 108 valence electrons. The second-order valence-corrected chi connectivity index (χ2v) is 5.27. The van der Waals surface area contributed by atoms with Crippen molar-refractivity contribution in [3.05, 3.63) is 15.9 Å². The highest BCUT2D eigenvalue weighted by molar-refractivity contribution is 9.10. The van der Waals surface area contributed by atoms with Crippen LogP contribution in [0.25, 0.3) is 0 Å². The first-order valence-corrected chi connectivity index (χ1v) is 7.50. The second kappa shape index (κ2) is 7.65. The molecule has 0 bridgehead atoms. The predicted molar refractivity (Wildman–Crippen MR) is 78.2 cm³/mol. The smallest absolute Gasteiger partial charge is 0.317 e. The Labute approximate surface area is 122 Å². The van der Waals surface area contributed by atoms with Gasteiger partial charge in [-0.3, -0.25) is 14.4 Å². The van der Waals surface area contributed by atoms with Crippen LogP contribution in [0.5, 0.6) is 0 Å². The fourth-order valence-corrected chi connectivity index (χ4v) is 2.79. The Balaban J connectivity index is 2.94. The van der Waals surface area contributed by atoms with Gasteiger partial charge in [0, 0.05) is 13.1 Å². The summed E-state index contributed by atoms with van der Waals surface area (Å²) in [5, 5.41) is 13.5. The number of nitrogens with zero attached hydrogens (tertiary/aromatic N) is 3. The second-order valence-electron chi connectivity index (χ2n) is 4.48. The van der Waals surface area contributed by atoms with E-state index in [0.717, 1.165) is 41.8 Å². The Bertz CT molecular complexity index is 432. The van der Waals surface area contributed by atoms with Crippen LogP contribution < -0.4 is 0 Å². The maximum atomic E-state index is 10.9. The molecular weight excluding hydrogens is 310 g/mol. The molecule has 0 fully saturated rings. The van der Waals surface area contributed by atoms with Crippen LogP contribution in [0.15, 0.2) is 4.47 Å². The van der Waals surface area contributed by atoms with Crippen LogP contribution in [0.4, 0.5) is 0 Å². The summed E-state index contributed by atoms with van der Waals surface area (Å²) in [6, 6.07) is 0. The number of aryl methyl sites for hydroxylation is 2. The zero-order valence-corrected chi connectivity index (χ0v) is 13.4. The van der Waals surface area contributed by atoms with Gasteiger partial charge < -0.3 is 5.11 Å². The van der Waals surface area contributed by atoms with Crippen molar-refractivity contribution in [2.75, 3.05) is 13.1 Å². The average Bonchev–Trinajstić information content (AvgIpc) is 2.66. The SMILES string of the molecule is CCCN(CC(=O)O)Cc1c(Br)c(CC)nn1CC. The summed E-state index contributed by atoms with van der Waals surface area (Å²) in [4.78, 5) is 12.8. The number of carboxylic acids is 1. The molecule has 0 radical (unpaired) electrons. The van der Waals surface area contributed by atoms with Gasteiger partial charge in [-0.2, -0.15) is 5.10 Å². The summed E-state index contributed by atoms with van der Waals surface area (Å²) in [5.41, 5.74) is 2.10. The number of carbonyl (C=O) groups is 1. The largest absolute Gasteiger partial charge is 0.480 e. The van der Waals surface area contributed by atoms with Crippen molar-refractivity contribution in [3.63, 3.8) is 0 Å². The van der Waals surface area contributed by atoms with Gasteiger partial charge in [0.25, 0.3) is 0 Å². The molecule has 1 rings (SSSR count). The van der Waals surface area contributed by atoms with E-state index in [1.54, 1.807) is 0 Å². The average molecular weight is 332 g/mol. The van der Waals surface area contributed by atoms with Crippen molar-refractivity contribution in [1.29, 1.82) is 0 Å². The minimum absolute atomic E-state index is 0.0661. The molecule has 0 aliphatic carbocycles. The summed E-state index contributed by atoms with van der Waals surface area (Å²) < 4.78 is 2.97. The molecule has 0 aromatic carbocycles. The van der Waals surface area contributed by atoms with Crippen LogP contribution in [0.3, 0.4) is 0 Å². The number of halogens is 1. The molecule has 0 spiro atoms. The maximum absolute atomic E-state index is 10.9. The Kier molecular flexibility index (Phi) is 6.51. The lowest BCUT2D eigenvalue weighted by molar-refractivity contribution is -0.138. The third-order valence-corrected chi connectivity index (χ3v) is 3.88. The molecule has 0 amide bonds. The molecule has 0 aliphatic rings. The fourth-order valence-electron chi connectivity index (χ4n) is 2.10. The number of hydrogen-bond donors (Lipinski definition) is 1. The normalized spacial score (nSPS) is 11.2. The van der Waals surface area contributed by atoms with E-state index in [1.807, 2.05) is 16.5 Å². The van der Waals surface area contributed by atoms with Gasteiger partial charge in [0.15, 0.2) is 0 Å². The molecule has 1 aromatic heterocycles. The Morgan fingerprint density at radius 1 is 1.42 bits per heavy atom. The van der Waals surface area contributed by atoms with E-state index in [-0.39, 0.29) is 6.54 Å². The Morgan fingerprint density at radius 3 is 2.58 bits per heavy atom. The quantitative estimate of drug-likeness (QED) is 0.795. The molecular formula is C13H22BrN3O2. The highest BCUT2D eigenvalue weighted by Gasteiger charge is 2.18. The molecule has 0 saturated carbocycles. The first-order valence-electron chi connectivity index (χ1n) is 6.71. The summed E-state index contributed by atoms with van der Waals surface area (Å²) >= 11 is 3.59. The van der Waals surface area contributed by atoms with Crippen LogP contribution in [0.2, 0.25) is 0 Å². The lowest BCUT2D eigenvalue weighted by atomic mass is 10.2. The molecule has 1 N–H and O–H groups in total. The first-order chi connectivity index (χ1) is 9.03. The van der Waals surface area contributed by atoms with Crippen molar-refractivity contribution < 1.29 is 9.90 Å². The third kappa shape index (κ3) is 4.31. The van der Waals surface area contributed by atoms with Gasteiger partial charge in [-0.15, -0.1) is 0 Å². The minimum Gasteiger partial charge on any atom is -0.480 e. The topological polar surface area (TPSA) is 58.4 Å². The molecule has 5 nitrogen and oxygen atoms in total. The van der Waals surface area contributed by atoms with Gasteiger partial charge in [0.1, 0.15) is 0 Å². The maximum Gasteiger partial charge on any atom is 0.317 e. The van der Waals surface area contributed by atoms with Crippen LogP contribution in [-0.2, 0) is 24.3 Å². The monoisotopic (exact) mass is 331 g/mol. The predicted octanol–water partition coefficient (Wildman–Crippen LogP) is 2.52. The molecule has 0 saturated heterocycles. The van der Waals surface area contributed by atoms with Gasteiger partial charge >= 0.3 is 5.97 Å². The fraction of sp³-hybridized carbons (Fsp3) is 0.692. The molecule has 0 unspecified atom stereocenters. The van der Waals surface area contributed by atoms with Crippen molar-refractivity contribution in [2.24, 2.45) is 0 Å². The zero-order valence-electron chi connectivity index (χ0n) is 11.8. The summed E-state index contributed by atoms with van der Waals surface area (Å²) in [7, 11) is 0. The summed E-state index contributed by atoms with van der Waals surface area (Å²) in [6.45, 7) is 8.41. The van der Waals surface area contributed by atoms with Crippen LogP contribution in [0.1, 0.15) is 38.6 Å². The molecule has 1 heterocycles. The molecule has 0 atom stereocenters. The lowest BCUT2D eigenvalue weighted by Crippen LogP contribution is -2.31. The molecule has 19 heavy (non-hydrogen) atoms. The number of carboxylic acid groups (broad SMARTS) is 1. The Hall–Kier alpha value is -0.880. The standard InChI is InChI=1S/C13H22BrN3O2/c1-4-7-16(9-12(18)19)8-11-13(14)10(5-2)15-17(11)6-3/h4-9H2,1-3H3,(H,18,19). The van der Waals surface area contributed by atoms with Gasteiger partial charge in [-0.1, -0.05) is 13.8 Å². The van der Waals surface area contributed by atoms with E-state index in [4.69, 9.17) is 5.11 Å².